The molecule has 0 saturated heterocycles. The molecule has 0 atom stereocenters. The van der Waals surface area contributed by atoms with Crippen molar-refractivity contribution in [3.8, 4) is 23.0 Å². The molecule has 416 valence electrons. The number of carbonyl (C=O) groups is 4. The van der Waals surface area contributed by atoms with E-state index in [9.17, 15) is 19.2 Å². The van der Waals surface area contributed by atoms with Gasteiger partial charge in [-0.25, -0.2) is 0 Å². The fraction of sp³-hybridized carbons (Fsp3) is 0.533. The fourth-order valence-corrected chi connectivity index (χ4v) is 10.7. The Labute approximate surface area is 451 Å². The molecule has 0 aliphatic heterocycles. The second-order valence-electron chi connectivity index (χ2n) is 23.9. The molecule has 4 amide bonds. The quantitative estimate of drug-likeness (QED) is 0.0490. The first-order chi connectivity index (χ1) is 35.7. The summed E-state index contributed by atoms with van der Waals surface area (Å²) in [6.45, 7) is 28.1. The molecule has 8 bridgehead atoms. The third kappa shape index (κ3) is 16.9. The summed E-state index contributed by atoms with van der Waals surface area (Å²) in [5.74, 6) is 0.956. The predicted octanol–water partition coefficient (Wildman–Crippen LogP) is 5.37. The summed E-state index contributed by atoms with van der Waals surface area (Å²) in [6, 6.07) is 16.4. The smallest absolute Gasteiger partial charge is 0.257 e. The number of hydrogen-bond acceptors (Lipinski definition) is 12. The third-order valence-corrected chi connectivity index (χ3v) is 13.0. The van der Waals surface area contributed by atoms with Gasteiger partial charge < -0.3 is 63.1 Å². The van der Waals surface area contributed by atoms with Crippen LogP contribution < -0.4 is 63.1 Å². The molecule has 76 heavy (non-hydrogen) atoms. The molecule has 0 aromatic heterocycles. The molecule has 0 saturated carbocycles. The number of carbonyl (C=O) groups excluding carboxylic acids is 4. The summed E-state index contributed by atoms with van der Waals surface area (Å²) in [5, 5.41) is 11.3. The molecule has 16 heteroatoms. The van der Waals surface area contributed by atoms with Gasteiger partial charge in [0.1, 0.15) is 23.0 Å². The molecule has 12 N–H and O–H groups in total. The van der Waals surface area contributed by atoms with E-state index in [-0.39, 0.29) is 50.1 Å². The van der Waals surface area contributed by atoms with Crippen molar-refractivity contribution in [1.29, 1.82) is 0 Å². The monoisotopic (exact) mass is 1050 g/mol. The number of fused-ring (bicyclic) bond motifs is 8. The van der Waals surface area contributed by atoms with Gasteiger partial charge in [-0.3, -0.25) is 19.2 Å². The van der Waals surface area contributed by atoms with Crippen LogP contribution in [0.3, 0.4) is 0 Å². The standard InChI is InChI=1S/C60H88N8O8/c1-57(2,3)53-37-21-39-27-46(74-34-50(70)66-18-14-62)29-41(54(39)58(4,5)6)23-43-31-48(76-36-52(72)68-20-16-64)32-44(56(43)60(10,11)12)24-42-30-47(75-35-51(71)67-19-15-63)28-40(55(42)59(7,8)9)22-38(53)26-45(25-37)73-33-49(69)65-17-13-61/h25-32H,13-24,33-36,61-64H2,1-12H3,(H,65,69)(H,66,70)(H,67,71)(H,68,72). The minimum Gasteiger partial charge on any atom is -0.484 e. The molecule has 0 fully saturated rings. The normalized spacial score (nSPS) is 12.8. The minimum absolute atomic E-state index is 0.217. The average molecular weight is 1050 g/mol. The molecule has 0 unspecified atom stereocenters. The predicted molar refractivity (Wildman–Crippen MR) is 302 cm³/mol. The number of nitrogens with one attached hydrogen (secondary N) is 4. The van der Waals surface area contributed by atoms with Crippen molar-refractivity contribution in [3.05, 3.63) is 115 Å². The first-order valence-corrected chi connectivity index (χ1v) is 26.7. The van der Waals surface area contributed by atoms with Crippen molar-refractivity contribution in [1.82, 2.24) is 21.3 Å². The second-order valence-corrected chi connectivity index (χ2v) is 23.9. The van der Waals surface area contributed by atoms with Crippen LogP contribution in [0.2, 0.25) is 0 Å². The highest BCUT2D eigenvalue weighted by Gasteiger charge is 2.33. The number of rotatable bonds is 20. The number of nitrogens with two attached hydrogens (primary N) is 4. The maximum absolute atomic E-state index is 13.1. The van der Waals surface area contributed by atoms with Crippen molar-refractivity contribution in [3.63, 3.8) is 0 Å². The van der Waals surface area contributed by atoms with Gasteiger partial charge in [0.15, 0.2) is 26.4 Å². The fourth-order valence-electron chi connectivity index (χ4n) is 10.7. The Morgan fingerprint density at radius 1 is 0.342 bits per heavy atom. The van der Waals surface area contributed by atoms with Gasteiger partial charge in [-0.05, 0) is 163 Å². The van der Waals surface area contributed by atoms with E-state index in [1.165, 1.54) is 0 Å². The van der Waals surface area contributed by atoms with E-state index in [4.69, 9.17) is 41.9 Å². The van der Waals surface area contributed by atoms with Gasteiger partial charge in [0.25, 0.3) is 23.6 Å². The first kappa shape index (κ1) is 60.7. The van der Waals surface area contributed by atoms with Crippen LogP contribution in [0.5, 0.6) is 23.0 Å². The van der Waals surface area contributed by atoms with E-state index >= 15 is 0 Å². The largest absolute Gasteiger partial charge is 0.484 e. The van der Waals surface area contributed by atoms with E-state index in [0.29, 0.717) is 101 Å². The Hall–Kier alpha value is -6.20. The van der Waals surface area contributed by atoms with Crippen LogP contribution in [0.15, 0.2) is 48.5 Å². The van der Waals surface area contributed by atoms with Crippen molar-refractivity contribution >= 4 is 23.6 Å². The number of amides is 4. The zero-order chi connectivity index (χ0) is 56.2. The van der Waals surface area contributed by atoms with Gasteiger partial charge in [-0.15, -0.1) is 0 Å². The Kier molecular flexibility index (Phi) is 20.9. The van der Waals surface area contributed by atoms with Gasteiger partial charge in [0.05, 0.1) is 0 Å². The summed E-state index contributed by atoms with van der Waals surface area (Å²) in [4.78, 5) is 52.4. The lowest BCUT2D eigenvalue weighted by molar-refractivity contribution is -0.123. The van der Waals surface area contributed by atoms with Gasteiger partial charge in [-0.1, -0.05) is 83.1 Å². The molecule has 1 aliphatic rings. The molecule has 4 aromatic rings. The van der Waals surface area contributed by atoms with Gasteiger partial charge >= 0.3 is 0 Å². The van der Waals surface area contributed by atoms with Gasteiger partial charge in [0, 0.05) is 52.4 Å². The van der Waals surface area contributed by atoms with Crippen LogP contribution in [0.1, 0.15) is 150 Å². The Bertz CT molecular complexity index is 2230. The lowest BCUT2D eigenvalue weighted by atomic mass is 9.71. The average Bonchev–Trinajstić information content (AvgIpc) is 3.31. The number of ether oxygens (including phenoxy) is 4. The van der Waals surface area contributed by atoms with Crippen molar-refractivity contribution < 1.29 is 38.1 Å². The summed E-state index contributed by atoms with van der Waals surface area (Å²) >= 11 is 0. The van der Waals surface area contributed by atoms with Crippen LogP contribution in [0.4, 0.5) is 0 Å². The number of hydrogen-bond donors (Lipinski definition) is 8. The zero-order valence-corrected chi connectivity index (χ0v) is 47.5. The maximum Gasteiger partial charge on any atom is 0.257 e. The Morgan fingerprint density at radius 2 is 0.500 bits per heavy atom. The Balaban J connectivity index is 1.97. The van der Waals surface area contributed by atoms with E-state index in [1.54, 1.807) is 0 Å². The van der Waals surface area contributed by atoms with Crippen LogP contribution in [-0.2, 0) is 66.5 Å². The highest BCUT2D eigenvalue weighted by atomic mass is 16.5. The summed E-state index contributed by atoms with van der Waals surface area (Å²) in [7, 11) is 0. The minimum atomic E-state index is -0.413. The maximum atomic E-state index is 13.1. The van der Waals surface area contributed by atoms with E-state index < -0.39 is 21.7 Å². The second kappa shape index (κ2) is 26.2. The van der Waals surface area contributed by atoms with Gasteiger partial charge in [-0.2, -0.15) is 0 Å². The molecular formula is C60H88N8O8. The lowest BCUT2D eigenvalue weighted by Gasteiger charge is -2.34. The zero-order valence-electron chi connectivity index (χ0n) is 47.5. The topological polar surface area (TPSA) is 257 Å². The molecule has 5 rings (SSSR count). The molecule has 4 aromatic carbocycles. The summed E-state index contributed by atoms with van der Waals surface area (Å²) in [6.07, 6.45) is 1.74. The van der Waals surface area contributed by atoms with Crippen LogP contribution >= 0.6 is 0 Å². The van der Waals surface area contributed by atoms with Gasteiger partial charge in [0.2, 0.25) is 0 Å². The molecule has 1 aliphatic carbocycles. The Morgan fingerprint density at radius 3 is 0.632 bits per heavy atom. The number of benzene rings is 4. The van der Waals surface area contributed by atoms with E-state index in [1.807, 2.05) is 48.5 Å². The summed E-state index contributed by atoms with van der Waals surface area (Å²) < 4.78 is 25.7. The van der Waals surface area contributed by atoms with Crippen LogP contribution in [-0.4, -0.2) is 102 Å². The van der Waals surface area contributed by atoms with E-state index in [2.05, 4.69) is 104 Å². The summed E-state index contributed by atoms with van der Waals surface area (Å²) in [5.41, 5.74) is 33.7. The van der Waals surface area contributed by atoms with E-state index in [0.717, 1.165) is 66.8 Å². The molecular weight excluding hydrogens is 961 g/mol. The SMILES string of the molecule is CC(C)(C)c1c2cc(OCC(=O)NCCN)cc1Cc1cc(OCC(=O)NCCN)cc(c1C(C)(C)C)Cc1cc(OCC(=O)NCCN)cc(c1C(C)(C)C)Cc1cc(OCC(=O)NCCN)cc(c1C(C)(C)C)C2. The van der Waals surface area contributed by atoms with Crippen LogP contribution in [0, 0.1) is 0 Å². The molecule has 0 heterocycles. The lowest BCUT2D eigenvalue weighted by Crippen LogP contribution is -2.33. The molecule has 16 nitrogen and oxygen atoms in total. The highest BCUT2D eigenvalue weighted by Crippen LogP contribution is 2.44. The van der Waals surface area contributed by atoms with Crippen molar-refractivity contribution in [2.75, 3.05) is 78.8 Å². The molecule has 0 spiro atoms. The first-order valence-electron chi connectivity index (χ1n) is 26.7. The third-order valence-electron chi connectivity index (χ3n) is 13.0. The van der Waals surface area contributed by atoms with Crippen LogP contribution in [0.25, 0.3) is 0 Å². The highest BCUT2D eigenvalue weighted by molar-refractivity contribution is 5.79. The van der Waals surface area contributed by atoms with Crippen molar-refractivity contribution in [2.45, 2.75) is 130 Å². The molecule has 0 radical (unpaired) electrons. The van der Waals surface area contributed by atoms with Crippen molar-refractivity contribution in [2.24, 2.45) is 22.9 Å².